The van der Waals surface area contributed by atoms with Crippen LogP contribution in [0.2, 0.25) is 0 Å². The Morgan fingerprint density at radius 2 is 1.88 bits per heavy atom. The number of methoxy groups -OCH3 is 1. The molecule has 0 aliphatic carbocycles. The maximum Gasteiger partial charge on any atom is 0.251 e. The molecule has 0 radical (unpaired) electrons. The molecule has 0 aromatic heterocycles. The third-order valence-electron chi connectivity index (χ3n) is 5.57. The SMILES string of the molecule is COCc1ccc([C@@H](NC(=O)[C@@H]2CNC(=O)C2)C(=O)Nc2ccc(C(C)(C)C)c(F)c2)cc1. The summed E-state index contributed by atoms with van der Waals surface area (Å²) in [6, 6.07) is 10.6. The predicted molar refractivity (Wildman–Crippen MR) is 123 cm³/mol. The van der Waals surface area contributed by atoms with Crippen LogP contribution in [-0.2, 0) is 31.1 Å². The summed E-state index contributed by atoms with van der Waals surface area (Å²) in [6.07, 6.45) is 0.0758. The van der Waals surface area contributed by atoms with Crippen LogP contribution in [0.25, 0.3) is 0 Å². The highest BCUT2D eigenvalue weighted by atomic mass is 19.1. The molecule has 1 aliphatic heterocycles. The minimum Gasteiger partial charge on any atom is -0.380 e. The Kier molecular flexibility index (Phi) is 7.48. The zero-order valence-electron chi connectivity index (χ0n) is 19.3. The number of hydrogen-bond acceptors (Lipinski definition) is 4. The van der Waals surface area contributed by atoms with Crippen molar-refractivity contribution in [2.24, 2.45) is 5.92 Å². The van der Waals surface area contributed by atoms with Crippen molar-refractivity contribution in [1.82, 2.24) is 10.6 Å². The lowest BCUT2D eigenvalue weighted by Gasteiger charge is -2.22. The van der Waals surface area contributed by atoms with E-state index in [0.717, 1.165) is 5.56 Å². The largest absolute Gasteiger partial charge is 0.380 e. The first-order valence-electron chi connectivity index (χ1n) is 10.8. The smallest absolute Gasteiger partial charge is 0.251 e. The van der Waals surface area contributed by atoms with Gasteiger partial charge in [0.2, 0.25) is 11.8 Å². The zero-order chi connectivity index (χ0) is 24.2. The first-order chi connectivity index (χ1) is 15.6. The van der Waals surface area contributed by atoms with Crippen LogP contribution in [0.15, 0.2) is 42.5 Å². The van der Waals surface area contributed by atoms with Gasteiger partial charge in [0.05, 0.1) is 12.5 Å². The fraction of sp³-hybridized carbons (Fsp3) is 0.400. The van der Waals surface area contributed by atoms with Crippen molar-refractivity contribution >= 4 is 23.4 Å². The molecule has 1 saturated heterocycles. The molecule has 3 amide bonds. The van der Waals surface area contributed by atoms with Gasteiger partial charge in [-0.3, -0.25) is 14.4 Å². The van der Waals surface area contributed by atoms with E-state index in [9.17, 15) is 18.8 Å². The second kappa shape index (κ2) is 10.1. The van der Waals surface area contributed by atoms with E-state index in [1.165, 1.54) is 6.07 Å². The Bertz CT molecular complexity index is 1030. The van der Waals surface area contributed by atoms with Gasteiger partial charge in [-0.2, -0.15) is 0 Å². The molecule has 2 aromatic rings. The van der Waals surface area contributed by atoms with Crippen molar-refractivity contribution in [3.8, 4) is 0 Å². The minimum absolute atomic E-state index is 0.0758. The molecule has 7 nitrogen and oxygen atoms in total. The maximum atomic E-state index is 14.6. The number of carbonyl (C=O) groups excluding carboxylic acids is 3. The van der Waals surface area contributed by atoms with Crippen molar-refractivity contribution in [3.63, 3.8) is 0 Å². The molecule has 0 unspecified atom stereocenters. The molecular formula is C25H30FN3O4. The van der Waals surface area contributed by atoms with Gasteiger partial charge in [-0.15, -0.1) is 0 Å². The Morgan fingerprint density at radius 1 is 1.18 bits per heavy atom. The number of ether oxygens (including phenoxy) is 1. The third kappa shape index (κ3) is 6.16. The highest BCUT2D eigenvalue weighted by Crippen LogP contribution is 2.27. The molecule has 1 fully saturated rings. The van der Waals surface area contributed by atoms with Crippen LogP contribution in [0.4, 0.5) is 10.1 Å². The average molecular weight is 456 g/mol. The van der Waals surface area contributed by atoms with Crippen LogP contribution in [0.5, 0.6) is 0 Å². The third-order valence-corrected chi connectivity index (χ3v) is 5.57. The van der Waals surface area contributed by atoms with Gasteiger partial charge in [-0.05, 0) is 34.2 Å². The Hall–Kier alpha value is -3.26. The molecule has 33 heavy (non-hydrogen) atoms. The highest BCUT2D eigenvalue weighted by molar-refractivity contribution is 5.99. The maximum absolute atomic E-state index is 14.6. The molecule has 0 bridgehead atoms. The molecule has 176 valence electrons. The Labute approximate surface area is 193 Å². The van der Waals surface area contributed by atoms with Crippen LogP contribution >= 0.6 is 0 Å². The van der Waals surface area contributed by atoms with Crippen LogP contribution < -0.4 is 16.0 Å². The van der Waals surface area contributed by atoms with Crippen LogP contribution in [-0.4, -0.2) is 31.4 Å². The molecule has 8 heteroatoms. The summed E-state index contributed by atoms with van der Waals surface area (Å²) < 4.78 is 19.7. The number of amides is 3. The molecule has 3 rings (SSSR count). The van der Waals surface area contributed by atoms with Crippen molar-refractivity contribution < 1.29 is 23.5 Å². The topological polar surface area (TPSA) is 96.5 Å². The van der Waals surface area contributed by atoms with E-state index in [0.29, 0.717) is 23.4 Å². The van der Waals surface area contributed by atoms with Gasteiger partial charge < -0.3 is 20.7 Å². The van der Waals surface area contributed by atoms with E-state index < -0.39 is 29.6 Å². The van der Waals surface area contributed by atoms with Crippen LogP contribution in [0.3, 0.4) is 0 Å². The first-order valence-corrected chi connectivity index (χ1v) is 10.8. The minimum atomic E-state index is -1.02. The molecule has 2 aromatic carbocycles. The lowest BCUT2D eigenvalue weighted by Crippen LogP contribution is -2.40. The number of halogens is 1. The van der Waals surface area contributed by atoms with Crippen LogP contribution in [0, 0.1) is 11.7 Å². The van der Waals surface area contributed by atoms with E-state index >= 15 is 0 Å². The number of benzene rings is 2. The lowest BCUT2D eigenvalue weighted by atomic mass is 9.86. The fourth-order valence-corrected chi connectivity index (χ4v) is 3.74. The molecule has 0 spiro atoms. The number of anilines is 1. The first kappa shape index (κ1) is 24.4. The number of carbonyl (C=O) groups is 3. The second-order valence-electron chi connectivity index (χ2n) is 9.26. The van der Waals surface area contributed by atoms with Gasteiger partial charge in [0.15, 0.2) is 0 Å². The van der Waals surface area contributed by atoms with E-state index in [-0.39, 0.29) is 24.3 Å². The number of rotatable bonds is 7. The van der Waals surface area contributed by atoms with E-state index in [2.05, 4.69) is 16.0 Å². The summed E-state index contributed by atoms with van der Waals surface area (Å²) in [4.78, 5) is 37.4. The highest BCUT2D eigenvalue weighted by Gasteiger charge is 2.32. The Morgan fingerprint density at radius 3 is 2.42 bits per heavy atom. The van der Waals surface area contributed by atoms with Crippen molar-refractivity contribution in [2.75, 3.05) is 19.0 Å². The molecular weight excluding hydrogens is 425 g/mol. The molecule has 1 aliphatic rings. The van der Waals surface area contributed by atoms with Gasteiger partial charge in [0.25, 0.3) is 5.91 Å². The molecule has 3 N–H and O–H groups in total. The van der Waals surface area contributed by atoms with Gasteiger partial charge in [-0.25, -0.2) is 4.39 Å². The summed E-state index contributed by atoms with van der Waals surface area (Å²) in [5.41, 5.74) is 1.93. The van der Waals surface area contributed by atoms with Gasteiger partial charge >= 0.3 is 0 Å². The van der Waals surface area contributed by atoms with E-state index in [1.807, 2.05) is 32.9 Å². The summed E-state index contributed by atoms with van der Waals surface area (Å²) in [6.45, 7) is 6.37. The second-order valence-corrected chi connectivity index (χ2v) is 9.26. The fourth-order valence-electron chi connectivity index (χ4n) is 3.74. The predicted octanol–water partition coefficient (Wildman–Crippen LogP) is 3.20. The summed E-state index contributed by atoms with van der Waals surface area (Å²) in [5.74, 6) is -2.08. The van der Waals surface area contributed by atoms with Crippen LogP contribution in [0.1, 0.15) is 49.9 Å². The summed E-state index contributed by atoms with van der Waals surface area (Å²) >= 11 is 0. The van der Waals surface area contributed by atoms with Gasteiger partial charge in [-0.1, -0.05) is 51.1 Å². The monoisotopic (exact) mass is 455 g/mol. The standard InChI is InChI=1S/C25H30FN3O4/c1-25(2,3)19-10-9-18(12-20(19)26)28-24(32)22(16-7-5-15(6-8-16)14-33-4)29-23(31)17-11-21(30)27-13-17/h5-10,12,17,22H,11,13-14H2,1-4H3,(H,27,30)(H,28,32)(H,29,31)/t17-,22+/m0/s1. The van der Waals surface area contributed by atoms with Gasteiger partial charge in [0.1, 0.15) is 11.9 Å². The normalized spacial score (nSPS) is 16.8. The molecule has 0 saturated carbocycles. The van der Waals surface area contributed by atoms with Crippen molar-refractivity contribution in [1.29, 1.82) is 0 Å². The van der Waals surface area contributed by atoms with Gasteiger partial charge in [0, 0.05) is 25.8 Å². The summed E-state index contributed by atoms with van der Waals surface area (Å²) in [7, 11) is 1.59. The van der Waals surface area contributed by atoms with Crippen molar-refractivity contribution in [3.05, 3.63) is 65.0 Å². The average Bonchev–Trinajstić information content (AvgIpc) is 3.18. The lowest BCUT2D eigenvalue weighted by molar-refractivity contribution is -0.129. The molecule has 2 atom stereocenters. The molecule has 1 heterocycles. The zero-order valence-corrected chi connectivity index (χ0v) is 19.3. The quantitative estimate of drug-likeness (QED) is 0.597. The number of hydrogen-bond donors (Lipinski definition) is 3. The number of nitrogens with one attached hydrogen (secondary N) is 3. The van der Waals surface area contributed by atoms with E-state index in [1.54, 1.807) is 31.4 Å². The Balaban J connectivity index is 1.83. The summed E-state index contributed by atoms with van der Waals surface area (Å²) in [5, 5.41) is 8.07. The van der Waals surface area contributed by atoms with E-state index in [4.69, 9.17) is 4.74 Å². The van der Waals surface area contributed by atoms with Crippen molar-refractivity contribution in [2.45, 2.75) is 45.3 Å².